The molecule has 0 amide bonds. The van der Waals surface area contributed by atoms with Crippen molar-refractivity contribution >= 4 is 29.1 Å². The van der Waals surface area contributed by atoms with Gasteiger partial charge in [-0.15, -0.1) is 5.10 Å². The molecule has 0 fully saturated rings. The number of rotatable bonds is 4. The number of nitrogens with zero attached hydrogens (tertiary/aromatic N) is 3. The van der Waals surface area contributed by atoms with E-state index in [4.69, 9.17) is 27.9 Å². The summed E-state index contributed by atoms with van der Waals surface area (Å²) in [6.45, 7) is 4.17. The predicted molar refractivity (Wildman–Crippen MR) is 97.6 cm³/mol. The fraction of sp³-hybridized carbons (Fsp3) is 0.167. The van der Waals surface area contributed by atoms with Crippen molar-refractivity contribution in [2.75, 3.05) is 6.61 Å². The Morgan fingerprint density at radius 1 is 1.12 bits per heavy atom. The maximum Gasteiger partial charge on any atom is 0.336 e. The predicted octanol–water partition coefficient (Wildman–Crippen LogP) is 4.65. The topological polar surface area (TPSA) is 57.0 Å². The van der Waals surface area contributed by atoms with Gasteiger partial charge in [0.1, 0.15) is 0 Å². The van der Waals surface area contributed by atoms with E-state index in [1.54, 1.807) is 30.3 Å². The Morgan fingerprint density at radius 3 is 2.48 bits per heavy atom. The number of aryl methyl sites for hydroxylation is 1. The largest absolute Gasteiger partial charge is 0.463 e. The van der Waals surface area contributed by atoms with Crippen LogP contribution in [0.5, 0.6) is 6.01 Å². The first-order valence-electron chi connectivity index (χ1n) is 7.66. The first kappa shape index (κ1) is 17.5. The quantitative estimate of drug-likeness (QED) is 0.665. The van der Waals surface area contributed by atoms with E-state index in [-0.39, 0.29) is 11.9 Å². The van der Waals surface area contributed by atoms with Gasteiger partial charge in [0.2, 0.25) is 0 Å². The summed E-state index contributed by atoms with van der Waals surface area (Å²) in [5.74, 6) is 0.0344. The molecule has 25 heavy (non-hydrogen) atoms. The van der Waals surface area contributed by atoms with E-state index >= 15 is 0 Å². The number of ether oxygens (including phenoxy) is 1. The lowest BCUT2D eigenvalue weighted by Gasteiger charge is -2.06. The van der Waals surface area contributed by atoms with Crippen molar-refractivity contribution in [1.29, 1.82) is 0 Å². The molecule has 0 unspecified atom stereocenters. The van der Waals surface area contributed by atoms with Gasteiger partial charge in [-0.3, -0.25) is 4.79 Å². The highest BCUT2D eigenvalue weighted by atomic mass is 35.5. The molecule has 0 saturated carbocycles. The molecular formula is C18H15Cl2N3O2. The lowest BCUT2D eigenvalue weighted by molar-refractivity contribution is 0.0945. The Hall–Kier alpha value is -2.37. The summed E-state index contributed by atoms with van der Waals surface area (Å²) < 4.78 is 6.57. The Labute approximate surface area is 155 Å². The highest BCUT2D eigenvalue weighted by Crippen LogP contribution is 2.29. The zero-order valence-electron chi connectivity index (χ0n) is 13.7. The van der Waals surface area contributed by atoms with E-state index in [2.05, 4.69) is 10.1 Å². The molecule has 0 N–H and O–H groups in total. The standard InChI is InChI=1S/C18H15Cl2N3O2/c1-3-25-18-21-16(13-8-9-14(19)15(20)10-13)23(22-18)17(24)12-6-4-11(2)5-7-12/h4-10H,3H2,1-2H3. The molecule has 0 aliphatic rings. The van der Waals surface area contributed by atoms with Crippen molar-refractivity contribution in [3.63, 3.8) is 0 Å². The first-order valence-corrected chi connectivity index (χ1v) is 8.42. The van der Waals surface area contributed by atoms with Crippen LogP contribution in [0.25, 0.3) is 11.4 Å². The van der Waals surface area contributed by atoms with Crippen LogP contribution < -0.4 is 4.74 Å². The van der Waals surface area contributed by atoms with E-state index in [1.165, 1.54) is 4.68 Å². The van der Waals surface area contributed by atoms with Crippen LogP contribution >= 0.6 is 23.2 Å². The van der Waals surface area contributed by atoms with E-state index in [1.807, 2.05) is 26.0 Å². The van der Waals surface area contributed by atoms with Crippen molar-refractivity contribution in [3.8, 4) is 17.4 Å². The molecule has 0 saturated heterocycles. The number of hydrogen-bond acceptors (Lipinski definition) is 4. The van der Waals surface area contributed by atoms with Gasteiger partial charge in [0.15, 0.2) is 5.82 Å². The number of halogens is 2. The third-order valence-corrected chi connectivity index (χ3v) is 4.27. The smallest absolute Gasteiger partial charge is 0.336 e. The minimum absolute atomic E-state index is 0.129. The van der Waals surface area contributed by atoms with Crippen molar-refractivity contribution < 1.29 is 9.53 Å². The molecule has 0 atom stereocenters. The molecule has 1 aromatic heterocycles. The third-order valence-electron chi connectivity index (χ3n) is 3.53. The number of benzene rings is 2. The Balaban J connectivity index is 2.09. The van der Waals surface area contributed by atoms with Crippen LogP contribution in [0.2, 0.25) is 10.0 Å². The van der Waals surface area contributed by atoms with Gasteiger partial charge < -0.3 is 4.74 Å². The molecule has 5 nitrogen and oxygen atoms in total. The summed E-state index contributed by atoms with van der Waals surface area (Å²) in [5.41, 5.74) is 2.18. The van der Waals surface area contributed by atoms with Crippen molar-refractivity contribution in [2.45, 2.75) is 13.8 Å². The summed E-state index contributed by atoms with van der Waals surface area (Å²) in [6, 6.07) is 12.4. The lowest BCUT2D eigenvalue weighted by Crippen LogP contribution is -2.15. The van der Waals surface area contributed by atoms with Gasteiger partial charge in [0.05, 0.1) is 16.7 Å². The summed E-state index contributed by atoms with van der Waals surface area (Å²) in [4.78, 5) is 17.2. The molecular weight excluding hydrogens is 361 g/mol. The second-order valence-corrected chi connectivity index (χ2v) is 6.18. The van der Waals surface area contributed by atoms with Crippen LogP contribution in [-0.2, 0) is 0 Å². The molecule has 0 bridgehead atoms. The summed E-state index contributed by atoms with van der Waals surface area (Å²) in [7, 11) is 0. The van der Waals surface area contributed by atoms with E-state index in [0.717, 1.165) is 5.56 Å². The van der Waals surface area contributed by atoms with Gasteiger partial charge >= 0.3 is 6.01 Å². The lowest BCUT2D eigenvalue weighted by atomic mass is 10.1. The van der Waals surface area contributed by atoms with Crippen LogP contribution in [0.4, 0.5) is 0 Å². The molecule has 2 aromatic carbocycles. The maximum absolute atomic E-state index is 12.9. The fourth-order valence-electron chi connectivity index (χ4n) is 2.27. The van der Waals surface area contributed by atoms with Crippen LogP contribution in [0.1, 0.15) is 22.8 Å². The first-order chi connectivity index (χ1) is 12.0. The number of aromatic nitrogens is 3. The Kier molecular flexibility index (Phi) is 5.06. The maximum atomic E-state index is 12.9. The minimum Gasteiger partial charge on any atom is -0.463 e. The zero-order chi connectivity index (χ0) is 18.0. The van der Waals surface area contributed by atoms with Crippen LogP contribution in [0.15, 0.2) is 42.5 Å². The Bertz CT molecular complexity index is 921. The second-order valence-electron chi connectivity index (χ2n) is 5.36. The normalized spacial score (nSPS) is 10.7. The summed E-state index contributed by atoms with van der Waals surface area (Å²) in [6.07, 6.45) is 0. The molecule has 3 aromatic rings. The molecule has 0 aliphatic heterocycles. The SMILES string of the molecule is CCOc1nc(-c2ccc(Cl)c(Cl)c2)n(C(=O)c2ccc(C)cc2)n1. The van der Waals surface area contributed by atoms with Crippen molar-refractivity contribution in [3.05, 3.63) is 63.6 Å². The van der Waals surface area contributed by atoms with Gasteiger partial charge in [-0.2, -0.15) is 9.67 Å². The highest BCUT2D eigenvalue weighted by Gasteiger charge is 2.20. The van der Waals surface area contributed by atoms with Crippen LogP contribution in [0.3, 0.4) is 0 Å². The number of hydrogen-bond donors (Lipinski definition) is 0. The monoisotopic (exact) mass is 375 g/mol. The molecule has 1 heterocycles. The van der Waals surface area contributed by atoms with E-state index < -0.39 is 0 Å². The van der Waals surface area contributed by atoms with E-state index in [9.17, 15) is 4.79 Å². The highest BCUT2D eigenvalue weighted by molar-refractivity contribution is 6.42. The third kappa shape index (κ3) is 3.67. The molecule has 7 heteroatoms. The molecule has 128 valence electrons. The molecule has 3 rings (SSSR count). The average Bonchev–Trinajstić information content (AvgIpc) is 3.02. The van der Waals surface area contributed by atoms with Gasteiger partial charge in [-0.1, -0.05) is 40.9 Å². The number of carbonyl (C=O) groups is 1. The van der Waals surface area contributed by atoms with E-state index in [0.29, 0.717) is 33.6 Å². The molecule has 0 spiro atoms. The van der Waals surface area contributed by atoms with Crippen molar-refractivity contribution in [1.82, 2.24) is 14.8 Å². The number of carbonyl (C=O) groups excluding carboxylic acids is 1. The summed E-state index contributed by atoms with van der Waals surface area (Å²) >= 11 is 12.1. The average molecular weight is 376 g/mol. The molecule has 0 radical (unpaired) electrons. The van der Waals surface area contributed by atoms with Gasteiger partial charge in [-0.05, 0) is 44.2 Å². The van der Waals surface area contributed by atoms with Gasteiger partial charge in [0.25, 0.3) is 5.91 Å². The second kappa shape index (κ2) is 7.25. The summed E-state index contributed by atoms with van der Waals surface area (Å²) in [5, 5.41) is 4.98. The zero-order valence-corrected chi connectivity index (χ0v) is 15.2. The minimum atomic E-state index is -0.306. The van der Waals surface area contributed by atoms with Gasteiger partial charge in [-0.25, -0.2) is 0 Å². The van der Waals surface area contributed by atoms with Crippen LogP contribution in [0, 0.1) is 6.92 Å². The molecule has 0 aliphatic carbocycles. The fourth-order valence-corrected chi connectivity index (χ4v) is 2.56. The van der Waals surface area contributed by atoms with Gasteiger partial charge in [0, 0.05) is 11.1 Å². The Morgan fingerprint density at radius 2 is 1.84 bits per heavy atom. The van der Waals surface area contributed by atoms with Crippen LogP contribution in [-0.4, -0.2) is 27.3 Å². The van der Waals surface area contributed by atoms with Crippen molar-refractivity contribution in [2.24, 2.45) is 0 Å².